The Morgan fingerprint density at radius 1 is 1.33 bits per heavy atom. The predicted octanol–water partition coefficient (Wildman–Crippen LogP) is 2.41. The monoisotopic (exact) mass is 213 g/mol. The van der Waals surface area contributed by atoms with Gasteiger partial charge in [-0.3, -0.25) is 4.79 Å². The second kappa shape index (κ2) is 6.11. The lowest BCUT2D eigenvalue weighted by Gasteiger charge is -2.29. The molecule has 1 saturated carbocycles. The van der Waals surface area contributed by atoms with Crippen LogP contribution in [0.15, 0.2) is 0 Å². The molecule has 1 atom stereocenters. The summed E-state index contributed by atoms with van der Waals surface area (Å²) in [6.45, 7) is 4.17. The van der Waals surface area contributed by atoms with E-state index in [-0.39, 0.29) is 12.5 Å². The highest BCUT2D eigenvalue weighted by Crippen LogP contribution is 2.19. The summed E-state index contributed by atoms with van der Waals surface area (Å²) in [6, 6.07) is 0.677. The molecule has 2 N–H and O–H groups in total. The van der Waals surface area contributed by atoms with Crippen molar-refractivity contribution >= 4 is 5.97 Å². The molecular formula is C12H23NO2. The van der Waals surface area contributed by atoms with Gasteiger partial charge in [-0.25, -0.2) is 0 Å². The Hall–Kier alpha value is -0.570. The van der Waals surface area contributed by atoms with Gasteiger partial charge in [0, 0.05) is 12.1 Å². The van der Waals surface area contributed by atoms with E-state index in [1.807, 2.05) is 0 Å². The number of carboxylic acids is 1. The molecule has 0 aromatic rings. The van der Waals surface area contributed by atoms with Crippen molar-refractivity contribution in [3.05, 3.63) is 0 Å². The summed E-state index contributed by atoms with van der Waals surface area (Å²) >= 11 is 0. The molecule has 1 unspecified atom stereocenters. The first-order valence-corrected chi connectivity index (χ1v) is 6.07. The highest BCUT2D eigenvalue weighted by Gasteiger charge is 2.21. The third-order valence-electron chi connectivity index (χ3n) is 3.25. The van der Waals surface area contributed by atoms with Crippen LogP contribution in [0.3, 0.4) is 0 Å². The average molecular weight is 213 g/mol. The SMILES string of the molecule is CC(C)C(CC(=O)O)NC1CCCCC1. The predicted molar refractivity (Wildman–Crippen MR) is 60.9 cm³/mol. The van der Waals surface area contributed by atoms with E-state index in [1.54, 1.807) is 0 Å². The van der Waals surface area contributed by atoms with Crippen molar-refractivity contribution in [1.82, 2.24) is 5.32 Å². The van der Waals surface area contributed by atoms with Crippen molar-refractivity contribution in [2.45, 2.75) is 64.5 Å². The minimum absolute atomic E-state index is 0.130. The first kappa shape index (κ1) is 12.5. The highest BCUT2D eigenvalue weighted by atomic mass is 16.4. The molecule has 3 nitrogen and oxygen atoms in total. The molecule has 0 radical (unpaired) electrons. The Bertz CT molecular complexity index is 198. The first-order chi connectivity index (χ1) is 7.09. The molecule has 3 heteroatoms. The fraction of sp³-hybridized carbons (Fsp3) is 0.917. The van der Waals surface area contributed by atoms with Crippen LogP contribution in [-0.2, 0) is 4.79 Å². The molecule has 0 bridgehead atoms. The van der Waals surface area contributed by atoms with E-state index in [2.05, 4.69) is 19.2 Å². The molecule has 88 valence electrons. The summed E-state index contributed by atoms with van der Waals surface area (Å²) < 4.78 is 0. The van der Waals surface area contributed by atoms with Gasteiger partial charge in [-0.15, -0.1) is 0 Å². The fourth-order valence-electron chi connectivity index (χ4n) is 2.25. The van der Waals surface area contributed by atoms with Gasteiger partial charge in [0.25, 0.3) is 0 Å². The number of hydrogen-bond acceptors (Lipinski definition) is 2. The van der Waals surface area contributed by atoms with Crippen LogP contribution in [0.5, 0.6) is 0 Å². The molecule has 0 spiro atoms. The lowest BCUT2D eigenvalue weighted by molar-refractivity contribution is -0.137. The number of rotatable bonds is 5. The van der Waals surface area contributed by atoms with Crippen molar-refractivity contribution in [3.8, 4) is 0 Å². The lowest BCUT2D eigenvalue weighted by Crippen LogP contribution is -2.43. The van der Waals surface area contributed by atoms with Gasteiger partial charge in [-0.05, 0) is 18.8 Å². The zero-order valence-electron chi connectivity index (χ0n) is 9.83. The third kappa shape index (κ3) is 4.65. The quantitative estimate of drug-likeness (QED) is 0.737. The number of hydrogen-bond donors (Lipinski definition) is 2. The van der Waals surface area contributed by atoms with Crippen molar-refractivity contribution in [2.24, 2.45) is 5.92 Å². The molecule has 1 aliphatic rings. The summed E-state index contributed by atoms with van der Waals surface area (Å²) in [5, 5.41) is 12.3. The van der Waals surface area contributed by atoms with E-state index in [4.69, 9.17) is 5.11 Å². The molecular weight excluding hydrogens is 190 g/mol. The van der Waals surface area contributed by atoms with Crippen LogP contribution >= 0.6 is 0 Å². The lowest BCUT2D eigenvalue weighted by atomic mass is 9.92. The minimum Gasteiger partial charge on any atom is -0.481 e. The summed E-state index contributed by atoms with van der Waals surface area (Å²) in [4.78, 5) is 10.7. The molecule has 1 aliphatic carbocycles. The van der Waals surface area contributed by atoms with Gasteiger partial charge in [0.1, 0.15) is 0 Å². The Balaban J connectivity index is 2.38. The van der Waals surface area contributed by atoms with Gasteiger partial charge < -0.3 is 10.4 Å². The zero-order valence-corrected chi connectivity index (χ0v) is 9.83. The van der Waals surface area contributed by atoms with Crippen molar-refractivity contribution in [2.75, 3.05) is 0 Å². The Kier molecular flexibility index (Phi) is 5.09. The second-order valence-corrected chi connectivity index (χ2v) is 4.95. The number of aliphatic carboxylic acids is 1. The minimum atomic E-state index is -0.697. The highest BCUT2D eigenvalue weighted by molar-refractivity contribution is 5.67. The molecule has 1 fully saturated rings. The van der Waals surface area contributed by atoms with Gasteiger partial charge in [0.2, 0.25) is 0 Å². The maximum absolute atomic E-state index is 10.7. The van der Waals surface area contributed by atoms with Gasteiger partial charge in [0.15, 0.2) is 0 Å². The van der Waals surface area contributed by atoms with Crippen LogP contribution in [0.25, 0.3) is 0 Å². The van der Waals surface area contributed by atoms with Gasteiger partial charge in [0.05, 0.1) is 6.42 Å². The summed E-state index contributed by atoms with van der Waals surface area (Å²) in [6.07, 6.45) is 6.58. The molecule has 0 heterocycles. The van der Waals surface area contributed by atoms with Gasteiger partial charge in [-0.1, -0.05) is 33.1 Å². The maximum Gasteiger partial charge on any atom is 0.304 e. The third-order valence-corrected chi connectivity index (χ3v) is 3.25. The molecule has 0 aromatic carbocycles. The van der Waals surface area contributed by atoms with Gasteiger partial charge >= 0.3 is 5.97 Å². The number of carboxylic acid groups (broad SMARTS) is 1. The molecule has 15 heavy (non-hydrogen) atoms. The Labute approximate surface area is 92.3 Å². The smallest absolute Gasteiger partial charge is 0.304 e. The molecule has 0 aliphatic heterocycles. The van der Waals surface area contributed by atoms with Crippen LogP contribution < -0.4 is 5.32 Å². The normalized spacial score (nSPS) is 20.5. The molecule has 0 aromatic heterocycles. The summed E-state index contributed by atoms with van der Waals surface area (Å²) in [7, 11) is 0. The van der Waals surface area contributed by atoms with E-state index in [1.165, 1.54) is 32.1 Å². The van der Waals surface area contributed by atoms with Crippen LogP contribution in [0.1, 0.15) is 52.4 Å². The maximum atomic E-state index is 10.7. The number of nitrogens with one attached hydrogen (secondary N) is 1. The topological polar surface area (TPSA) is 49.3 Å². The average Bonchev–Trinajstić information content (AvgIpc) is 2.17. The van der Waals surface area contributed by atoms with Crippen molar-refractivity contribution in [1.29, 1.82) is 0 Å². The van der Waals surface area contributed by atoms with E-state index in [9.17, 15) is 4.79 Å². The van der Waals surface area contributed by atoms with E-state index in [0.717, 1.165) is 0 Å². The summed E-state index contributed by atoms with van der Waals surface area (Å²) in [5.41, 5.74) is 0. The van der Waals surface area contributed by atoms with E-state index in [0.29, 0.717) is 12.0 Å². The Morgan fingerprint density at radius 2 is 1.93 bits per heavy atom. The van der Waals surface area contributed by atoms with Crippen molar-refractivity contribution in [3.63, 3.8) is 0 Å². The van der Waals surface area contributed by atoms with Crippen LogP contribution in [0.2, 0.25) is 0 Å². The van der Waals surface area contributed by atoms with Crippen LogP contribution in [-0.4, -0.2) is 23.2 Å². The van der Waals surface area contributed by atoms with Crippen LogP contribution in [0, 0.1) is 5.92 Å². The fourth-order valence-corrected chi connectivity index (χ4v) is 2.25. The van der Waals surface area contributed by atoms with Crippen LogP contribution in [0.4, 0.5) is 0 Å². The zero-order chi connectivity index (χ0) is 11.3. The van der Waals surface area contributed by atoms with Gasteiger partial charge in [-0.2, -0.15) is 0 Å². The molecule has 1 rings (SSSR count). The second-order valence-electron chi connectivity index (χ2n) is 4.95. The van der Waals surface area contributed by atoms with E-state index < -0.39 is 5.97 Å². The summed E-state index contributed by atoms with van der Waals surface area (Å²) in [5.74, 6) is -0.306. The first-order valence-electron chi connectivity index (χ1n) is 6.07. The number of carbonyl (C=O) groups is 1. The van der Waals surface area contributed by atoms with Crippen molar-refractivity contribution < 1.29 is 9.90 Å². The molecule has 0 saturated heterocycles. The molecule has 0 amide bonds. The largest absolute Gasteiger partial charge is 0.481 e. The Morgan fingerprint density at radius 3 is 2.40 bits per heavy atom. The van der Waals surface area contributed by atoms with E-state index >= 15 is 0 Å². The standard InChI is InChI=1S/C12H23NO2/c1-9(2)11(8-12(14)15)13-10-6-4-3-5-7-10/h9-11,13H,3-8H2,1-2H3,(H,14,15).